The van der Waals surface area contributed by atoms with Gasteiger partial charge in [0.15, 0.2) is 0 Å². The average Bonchev–Trinajstić information content (AvgIpc) is 2.59. The van der Waals surface area contributed by atoms with Gasteiger partial charge in [-0.15, -0.1) is 0 Å². The van der Waals surface area contributed by atoms with Crippen molar-refractivity contribution in [3.05, 3.63) is 0 Å². The van der Waals surface area contributed by atoms with Crippen molar-refractivity contribution >= 4 is 0 Å². The van der Waals surface area contributed by atoms with Crippen LogP contribution in [0.15, 0.2) is 0 Å². The van der Waals surface area contributed by atoms with Gasteiger partial charge in [-0.25, -0.2) is 0 Å². The molecule has 0 radical (unpaired) electrons. The molecule has 0 aromatic heterocycles. The largest absolute Gasteiger partial charge is 0.393 e. The molecule has 0 bridgehead atoms. The zero-order valence-electron chi connectivity index (χ0n) is 9.63. The maximum absolute atomic E-state index is 9.63. The summed E-state index contributed by atoms with van der Waals surface area (Å²) < 4.78 is 0. The van der Waals surface area contributed by atoms with Crippen molar-refractivity contribution in [2.45, 2.75) is 52.1 Å². The van der Waals surface area contributed by atoms with E-state index in [0.29, 0.717) is 5.92 Å². The molecule has 2 N–H and O–H groups in total. The Morgan fingerprint density at radius 1 is 1.29 bits per heavy atom. The van der Waals surface area contributed by atoms with Crippen LogP contribution < -0.4 is 5.32 Å². The molecule has 0 aromatic rings. The molecule has 2 heteroatoms. The molecule has 1 aliphatic rings. The van der Waals surface area contributed by atoms with Crippen LogP contribution in [0.4, 0.5) is 0 Å². The van der Waals surface area contributed by atoms with Crippen molar-refractivity contribution in [3.63, 3.8) is 0 Å². The maximum Gasteiger partial charge on any atom is 0.0580 e. The molecule has 0 heterocycles. The van der Waals surface area contributed by atoms with Crippen LogP contribution in [-0.2, 0) is 0 Å². The molecule has 1 fully saturated rings. The molecular weight excluding hydrogens is 174 g/mol. The fourth-order valence-corrected chi connectivity index (χ4v) is 2.31. The van der Waals surface area contributed by atoms with Gasteiger partial charge < -0.3 is 10.4 Å². The molecule has 0 spiro atoms. The van der Waals surface area contributed by atoms with Crippen molar-refractivity contribution in [1.82, 2.24) is 5.32 Å². The third-order valence-corrected chi connectivity index (χ3v) is 3.61. The van der Waals surface area contributed by atoms with E-state index in [1.165, 1.54) is 25.7 Å². The van der Waals surface area contributed by atoms with Gasteiger partial charge in [-0.1, -0.05) is 33.1 Å². The summed E-state index contributed by atoms with van der Waals surface area (Å²) in [6.07, 6.45) is 5.91. The van der Waals surface area contributed by atoms with Crippen LogP contribution in [0.3, 0.4) is 0 Å². The van der Waals surface area contributed by atoms with Crippen LogP contribution in [-0.4, -0.2) is 24.3 Å². The van der Waals surface area contributed by atoms with E-state index in [-0.39, 0.29) is 6.10 Å². The van der Waals surface area contributed by atoms with E-state index in [1.54, 1.807) is 0 Å². The standard InChI is InChI=1S/C12H25NO/c1-3-10(4-2)8-13-9-11-6-5-7-12(11)14/h10-14H,3-9H2,1-2H3. The zero-order valence-corrected chi connectivity index (χ0v) is 9.63. The molecule has 2 nitrogen and oxygen atoms in total. The molecule has 2 atom stereocenters. The van der Waals surface area contributed by atoms with Gasteiger partial charge in [-0.2, -0.15) is 0 Å². The highest BCUT2D eigenvalue weighted by Crippen LogP contribution is 2.24. The zero-order chi connectivity index (χ0) is 10.4. The molecule has 1 saturated carbocycles. The summed E-state index contributed by atoms with van der Waals surface area (Å²) in [6, 6.07) is 0. The Morgan fingerprint density at radius 3 is 2.50 bits per heavy atom. The van der Waals surface area contributed by atoms with Crippen LogP contribution in [0.25, 0.3) is 0 Å². The van der Waals surface area contributed by atoms with Crippen molar-refractivity contribution in [3.8, 4) is 0 Å². The Balaban J connectivity index is 2.08. The minimum Gasteiger partial charge on any atom is -0.393 e. The van der Waals surface area contributed by atoms with Crippen LogP contribution in [0, 0.1) is 11.8 Å². The Kier molecular flexibility index (Phi) is 5.49. The third kappa shape index (κ3) is 3.58. The van der Waals surface area contributed by atoms with Crippen LogP contribution in [0.1, 0.15) is 46.0 Å². The van der Waals surface area contributed by atoms with Gasteiger partial charge in [-0.05, 0) is 31.2 Å². The van der Waals surface area contributed by atoms with E-state index < -0.39 is 0 Å². The average molecular weight is 199 g/mol. The van der Waals surface area contributed by atoms with Crippen LogP contribution >= 0.6 is 0 Å². The van der Waals surface area contributed by atoms with Crippen molar-refractivity contribution in [2.75, 3.05) is 13.1 Å². The fourth-order valence-electron chi connectivity index (χ4n) is 2.31. The molecule has 1 rings (SSSR count). The fraction of sp³-hybridized carbons (Fsp3) is 1.00. The van der Waals surface area contributed by atoms with Gasteiger partial charge >= 0.3 is 0 Å². The van der Waals surface area contributed by atoms with Gasteiger partial charge in [0.2, 0.25) is 0 Å². The van der Waals surface area contributed by atoms with Crippen molar-refractivity contribution in [2.24, 2.45) is 11.8 Å². The molecule has 2 unspecified atom stereocenters. The number of rotatable bonds is 6. The van der Waals surface area contributed by atoms with Crippen LogP contribution in [0.2, 0.25) is 0 Å². The first-order chi connectivity index (χ1) is 6.77. The lowest BCUT2D eigenvalue weighted by Crippen LogP contribution is -2.31. The molecular formula is C12H25NO. The van der Waals surface area contributed by atoms with Crippen molar-refractivity contribution in [1.29, 1.82) is 0 Å². The highest BCUT2D eigenvalue weighted by atomic mass is 16.3. The summed E-state index contributed by atoms with van der Waals surface area (Å²) in [5, 5.41) is 13.1. The van der Waals surface area contributed by atoms with E-state index in [2.05, 4.69) is 19.2 Å². The van der Waals surface area contributed by atoms with Crippen molar-refractivity contribution < 1.29 is 5.11 Å². The van der Waals surface area contributed by atoms with Gasteiger partial charge in [0.25, 0.3) is 0 Å². The second-order valence-electron chi connectivity index (χ2n) is 4.60. The molecule has 0 saturated heterocycles. The van der Waals surface area contributed by atoms with E-state index in [9.17, 15) is 5.11 Å². The highest BCUT2D eigenvalue weighted by Gasteiger charge is 2.24. The highest BCUT2D eigenvalue weighted by molar-refractivity contribution is 4.78. The Hall–Kier alpha value is -0.0800. The SMILES string of the molecule is CCC(CC)CNCC1CCCC1O. The minimum absolute atomic E-state index is 0.0378. The van der Waals surface area contributed by atoms with Gasteiger partial charge in [0, 0.05) is 6.54 Å². The molecule has 1 aliphatic carbocycles. The first-order valence-corrected chi connectivity index (χ1v) is 6.16. The van der Waals surface area contributed by atoms with Crippen LogP contribution in [0.5, 0.6) is 0 Å². The number of aliphatic hydroxyl groups is 1. The second-order valence-corrected chi connectivity index (χ2v) is 4.60. The number of nitrogens with one attached hydrogen (secondary N) is 1. The summed E-state index contributed by atoms with van der Waals surface area (Å²) in [5.41, 5.74) is 0. The Morgan fingerprint density at radius 2 is 2.00 bits per heavy atom. The maximum atomic E-state index is 9.63. The topological polar surface area (TPSA) is 32.3 Å². The summed E-state index contributed by atoms with van der Waals surface area (Å²) in [4.78, 5) is 0. The summed E-state index contributed by atoms with van der Waals surface area (Å²) in [7, 11) is 0. The third-order valence-electron chi connectivity index (χ3n) is 3.61. The van der Waals surface area contributed by atoms with Gasteiger partial charge in [0.1, 0.15) is 0 Å². The first-order valence-electron chi connectivity index (χ1n) is 6.16. The smallest absolute Gasteiger partial charge is 0.0580 e. The quantitative estimate of drug-likeness (QED) is 0.687. The van der Waals surface area contributed by atoms with Gasteiger partial charge in [-0.3, -0.25) is 0 Å². The minimum atomic E-state index is -0.0378. The molecule has 0 amide bonds. The number of aliphatic hydroxyl groups excluding tert-OH is 1. The summed E-state index contributed by atoms with van der Waals surface area (Å²) >= 11 is 0. The monoisotopic (exact) mass is 199 g/mol. The lowest BCUT2D eigenvalue weighted by molar-refractivity contribution is 0.131. The molecule has 84 valence electrons. The van der Waals surface area contributed by atoms with Gasteiger partial charge in [0.05, 0.1) is 6.10 Å². The predicted molar refractivity (Wildman–Crippen MR) is 60.3 cm³/mol. The number of hydrogen-bond acceptors (Lipinski definition) is 2. The Labute approximate surface area is 88.1 Å². The lowest BCUT2D eigenvalue weighted by Gasteiger charge is -2.18. The van der Waals surface area contributed by atoms with E-state index in [4.69, 9.17) is 0 Å². The summed E-state index contributed by atoms with van der Waals surface area (Å²) in [5.74, 6) is 1.33. The van der Waals surface area contributed by atoms with E-state index in [0.717, 1.165) is 25.4 Å². The first kappa shape index (κ1) is 12.0. The second kappa shape index (κ2) is 6.41. The summed E-state index contributed by atoms with van der Waals surface area (Å²) in [6.45, 7) is 6.63. The Bertz CT molecular complexity index is 145. The van der Waals surface area contributed by atoms with E-state index in [1.807, 2.05) is 0 Å². The lowest BCUT2D eigenvalue weighted by atomic mass is 10.0. The molecule has 14 heavy (non-hydrogen) atoms. The van der Waals surface area contributed by atoms with E-state index >= 15 is 0 Å². The molecule has 0 aromatic carbocycles. The number of hydrogen-bond donors (Lipinski definition) is 2. The normalized spacial score (nSPS) is 27.4. The molecule has 0 aliphatic heterocycles. The predicted octanol–water partition coefficient (Wildman–Crippen LogP) is 2.17.